The van der Waals surface area contributed by atoms with Gasteiger partial charge < -0.3 is 0 Å². The lowest BCUT2D eigenvalue weighted by Gasteiger charge is -2.07. The summed E-state index contributed by atoms with van der Waals surface area (Å²) in [6.45, 7) is 4.12. The fraction of sp³-hybridized carbons (Fsp3) is 0.500. The number of amides is 2. The molecule has 0 fully saturated rings. The van der Waals surface area contributed by atoms with E-state index in [1.54, 1.807) is 12.1 Å². The van der Waals surface area contributed by atoms with E-state index in [9.17, 15) is 9.59 Å². The molecule has 1 aromatic rings. The van der Waals surface area contributed by atoms with E-state index in [-0.39, 0.29) is 11.8 Å². The van der Waals surface area contributed by atoms with Crippen molar-refractivity contribution >= 4 is 11.8 Å². The SMILES string of the molecule is CCCCCCCC(=O)NNC(=O)c1ccc(C)cc1. The molecule has 0 aliphatic carbocycles. The molecule has 0 spiro atoms. The molecule has 0 aliphatic heterocycles. The minimum atomic E-state index is -0.288. The van der Waals surface area contributed by atoms with Gasteiger partial charge in [-0.3, -0.25) is 20.4 Å². The van der Waals surface area contributed by atoms with E-state index in [2.05, 4.69) is 17.8 Å². The average Bonchev–Trinajstić information content (AvgIpc) is 2.45. The third-order valence-electron chi connectivity index (χ3n) is 3.14. The van der Waals surface area contributed by atoms with E-state index in [1.807, 2.05) is 19.1 Å². The summed E-state index contributed by atoms with van der Waals surface area (Å²) in [5.74, 6) is -0.425. The molecule has 0 radical (unpaired) electrons. The molecule has 1 rings (SSSR count). The van der Waals surface area contributed by atoms with Gasteiger partial charge in [0, 0.05) is 12.0 Å². The van der Waals surface area contributed by atoms with Crippen LogP contribution in [-0.4, -0.2) is 11.8 Å². The summed E-state index contributed by atoms with van der Waals surface area (Å²) >= 11 is 0. The number of hydrazine groups is 1. The molecule has 0 heterocycles. The monoisotopic (exact) mass is 276 g/mol. The van der Waals surface area contributed by atoms with Crippen LogP contribution in [0.15, 0.2) is 24.3 Å². The van der Waals surface area contributed by atoms with Crippen LogP contribution in [0.3, 0.4) is 0 Å². The summed E-state index contributed by atoms with van der Waals surface area (Å²) in [6, 6.07) is 7.21. The summed E-state index contributed by atoms with van der Waals surface area (Å²) in [5.41, 5.74) is 6.52. The van der Waals surface area contributed by atoms with E-state index < -0.39 is 0 Å². The van der Waals surface area contributed by atoms with E-state index in [0.717, 1.165) is 18.4 Å². The lowest BCUT2D eigenvalue weighted by molar-refractivity contribution is -0.122. The Hall–Kier alpha value is -1.84. The summed E-state index contributed by atoms with van der Waals surface area (Å²) < 4.78 is 0. The van der Waals surface area contributed by atoms with Gasteiger partial charge in [-0.25, -0.2) is 0 Å². The summed E-state index contributed by atoms with van der Waals surface area (Å²) in [7, 11) is 0. The summed E-state index contributed by atoms with van der Waals surface area (Å²) in [6.07, 6.45) is 5.96. The van der Waals surface area contributed by atoms with Crippen molar-refractivity contribution in [2.45, 2.75) is 52.4 Å². The van der Waals surface area contributed by atoms with Gasteiger partial charge in [-0.2, -0.15) is 0 Å². The minimum absolute atomic E-state index is 0.137. The van der Waals surface area contributed by atoms with Crippen LogP contribution in [-0.2, 0) is 4.79 Å². The fourth-order valence-electron chi connectivity index (χ4n) is 1.86. The smallest absolute Gasteiger partial charge is 0.269 e. The highest BCUT2D eigenvalue weighted by Crippen LogP contribution is 2.05. The number of rotatable bonds is 7. The van der Waals surface area contributed by atoms with Crippen molar-refractivity contribution in [3.05, 3.63) is 35.4 Å². The second kappa shape index (κ2) is 9.13. The van der Waals surface area contributed by atoms with Gasteiger partial charge >= 0.3 is 0 Å². The van der Waals surface area contributed by atoms with Gasteiger partial charge in [-0.05, 0) is 25.5 Å². The molecular weight excluding hydrogens is 252 g/mol. The molecule has 2 N–H and O–H groups in total. The predicted octanol–water partition coefficient (Wildman–Crippen LogP) is 3.12. The van der Waals surface area contributed by atoms with Crippen molar-refractivity contribution in [3.8, 4) is 0 Å². The van der Waals surface area contributed by atoms with Gasteiger partial charge in [0.15, 0.2) is 0 Å². The number of carbonyl (C=O) groups excluding carboxylic acids is 2. The lowest BCUT2D eigenvalue weighted by Crippen LogP contribution is -2.41. The van der Waals surface area contributed by atoms with E-state index in [4.69, 9.17) is 0 Å². The van der Waals surface area contributed by atoms with Gasteiger partial charge in [-0.1, -0.05) is 50.3 Å². The molecular formula is C16H24N2O2. The van der Waals surface area contributed by atoms with Crippen molar-refractivity contribution in [1.82, 2.24) is 10.9 Å². The zero-order valence-corrected chi connectivity index (χ0v) is 12.4. The largest absolute Gasteiger partial charge is 0.273 e. The van der Waals surface area contributed by atoms with Crippen LogP contribution in [0.4, 0.5) is 0 Å². The van der Waals surface area contributed by atoms with Crippen molar-refractivity contribution < 1.29 is 9.59 Å². The van der Waals surface area contributed by atoms with Crippen molar-refractivity contribution in [3.63, 3.8) is 0 Å². The number of carbonyl (C=O) groups is 2. The number of hydrogen-bond acceptors (Lipinski definition) is 2. The van der Waals surface area contributed by atoms with Crippen LogP contribution in [0.1, 0.15) is 61.4 Å². The lowest BCUT2D eigenvalue weighted by atomic mass is 10.1. The first-order chi connectivity index (χ1) is 9.63. The quantitative estimate of drug-likeness (QED) is 0.594. The van der Waals surface area contributed by atoms with Gasteiger partial charge in [0.05, 0.1) is 0 Å². The topological polar surface area (TPSA) is 58.2 Å². The number of unbranched alkanes of at least 4 members (excludes halogenated alkanes) is 4. The highest BCUT2D eigenvalue weighted by molar-refractivity contribution is 5.95. The number of hydrogen-bond donors (Lipinski definition) is 2. The highest BCUT2D eigenvalue weighted by atomic mass is 16.2. The molecule has 20 heavy (non-hydrogen) atoms. The normalized spacial score (nSPS) is 10.1. The van der Waals surface area contributed by atoms with Crippen molar-refractivity contribution in [2.24, 2.45) is 0 Å². The third-order valence-corrected chi connectivity index (χ3v) is 3.14. The Kier molecular flexibility index (Phi) is 7.40. The first-order valence-electron chi connectivity index (χ1n) is 7.29. The molecule has 2 amide bonds. The van der Waals surface area contributed by atoms with Crippen molar-refractivity contribution in [1.29, 1.82) is 0 Å². The Balaban J connectivity index is 2.20. The standard InChI is InChI=1S/C16H24N2O2/c1-3-4-5-6-7-8-15(19)17-18-16(20)14-11-9-13(2)10-12-14/h9-12H,3-8H2,1-2H3,(H,17,19)(H,18,20). The zero-order chi connectivity index (χ0) is 14.8. The molecule has 110 valence electrons. The fourth-order valence-corrected chi connectivity index (χ4v) is 1.86. The number of aryl methyl sites for hydroxylation is 1. The Morgan fingerprint density at radius 2 is 1.60 bits per heavy atom. The molecule has 0 bridgehead atoms. The molecule has 0 unspecified atom stereocenters. The first-order valence-corrected chi connectivity index (χ1v) is 7.29. The van der Waals surface area contributed by atoms with E-state index in [0.29, 0.717) is 12.0 Å². The average molecular weight is 276 g/mol. The maximum Gasteiger partial charge on any atom is 0.269 e. The van der Waals surface area contributed by atoms with Crippen LogP contribution in [0.2, 0.25) is 0 Å². The molecule has 4 nitrogen and oxygen atoms in total. The van der Waals surface area contributed by atoms with E-state index in [1.165, 1.54) is 19.3 Å². The Bertz CT molecular complexity index is 427. The highest BCUT2D eigenvalue weighted by Gasteiger charge is 2.06. The molecule has 1 aromatic carbocycles. The third kappa shape index (κ3) is 6.36. The Labute approximate surface area is 120 Å². The Morgan fingerprint density at radius 1 is 0.950 bits per heavy atom. The van der Waals surface area contributed by atoms with Gasteiger partial charge in [0.25, 0.3) is 5.91 Å². The van der Waals surface area contributed by atoms with Crippen LogP contribution in [0.5, 0.6) is 0 Å². The summed E-state index contributed by atoms with van der Waals surface area (Å²) in [4.78, 5) is 23.3. The molecule has 4 heteroatoms. The van der Waals surface area contributed by atoms with Crippen LogP contribution in [0, 0.1) is 6.92 Å². The number of benzene rings is 1. The second-order valence-electron chi connectivity index (χ2n) is 5.03. The maximum atomic E-state index is 11.7. The van der Waals surface area contributed by atoms with Gasteiger partial charge in [-0.15, -0.1) is 0 Å². The van der Waals surface area contributed by atoms with Crippen LogP contribution < -0.4 is 10.9 Å². The molecule has 0 aliphatic rings. The molecule has 0 atom stereocenters. The zero-order valence-electron chi connectivity index (χ0n) is 12.4. The maximum absolute atomic E-state index is 11.7. The second-order valence-corrected chi connectivity index (χ2v) is 5.03. The van der Waals surface area contributed by atoms with Gasteiger partial charge in [0.1, 0.15) is 0 Å². The van der Waals surface area contributed by atoms with Gasteiger partial charge in [0.2, 0.25) is 5.91 Å². The summed E-state index contributed by atoms with van der Waals surface area (Å²) in [5, 5.41) is 0. The minimum Gasteiger partial charge on any atom is -0.273 e. The van der Waals surface area contributed by atoms with Crippen molar-refractivity contribution in [2.75, 3.05) is 0 Å². The predicted molar refractivity (Wildman–Crippen MR) is 80.2 cm³/mol. The molecule has 0 saturated carbocycles. The van der Waals surface area contributed by atoms with Crippen LogP contribution in [0.25, 0.3) is 0 Å². The van der Waals surface area contributed by atoms with E-state index >= 15 is 0 Å². The first kappa shape index (κ1) is 16.2. The molecule has 0 saturated heterocycles. The Morgan fingerprint density at radius 3 is 2.25 bits per heavy atom. The number of nitrogens with one attached hydrogen (secondary N) is 2. The molecule has 0 aromatic heterocycles. The van der Waals surface area contributed by atoms with Crippen LogP contribution >= 0.6 is 0 Å².